The van der Waals surface area contributed by atoms with Crippen LogP contribution in [-0.2, 0) is 24.3 Å². The standard InChI is InChI=1S/C23H33N3O7S/c1-4-33-23(29)17-9-13-25(14-10-17)21(27)16-24(2)22(28)18-7-8-19(32-3)20(15-18)34(30,31)26-11-5-6-12-26/h7-8,15,17H,4-6,9-14,16H2,1-3H3. The Balaban J connectivity index is 1.66. The number of methoxy groups -OCH3 is 1. The van der Waals surface area contributed by atoms with Crippen molar-refractivity contribution in [3.63, 3.8) is 0 Å². The first kappa shape index (κ1) is 26.0. The minimum atomic E-state index is -3.80. The summed E-state index contributed by atoms with van der Waals surface area (Å²) in [6.07, 6.45) is 2.64. The Bertz CT molecular complexity index is 1010. The van der Waals surface area contributed by atoms with Crippen molar-refractivity contribution >= 4 is 27.8 Å². The molecule has 1 aromatic rings. The third-order valence-corrected chi connectivity index (χ3v) is 8.20. The Morgan fingerprint density at radius 3 is 2.32 bits per heavy atom. The minimum absolute atomic E-state index is 0.0523. The molecule has 188 valence electrons. The maximum Gasteiger partial charge on any atom is 0.309 e. The highest BCUT2D eigenvalue weighted by molar-refractivity contribution is 7.89. The van der Waals surface area contributed by atoms with E-state index in [1.807, 2.05) is 0 Å². The van der Waals surface area contributed by atoms with Gasteiger partial charge in [0.2, 0.25) is 15.9 Å². The highest BCUT2D eigenvalue weighted by Crippen LogP contribution is 2.30. The van der Waals surface area contributed by atoms with E-state index >= 15 is 0 Å². The number of carbonyl (C=O) groups is 3. The number of amides is 2. The molecule has 3 rings (SSSR count). The molecule has 0 saturated carbocycles. The molecular weight excluding hydrogens is 462 g/mol. The van der Waals surface area contributed by atoms with Crippen LogP contribution in [0.1, 0.15) is 43.0 Å². The molecule has 1 aromatic carbocycles. The average molecular weight is 496 g/mol. The van der Waals surface area contributed by atoms with E-state index in [2.05, 4.69) is 0 Å². The first-order valence-corrected chi connectivity index (χ1v) is 13.0. The van der Waals surface area contributed by atoms with Crippen molar-refractivity contribution in [2.45, 2.75) is 37.5 Å². The molecule has 11 heteroatoms. The Labute approximate surface area is 200 Å². The first-order valence-electron chi connectivity index (χ1n) is 11.6. The quantitative estimate of drug-likeness (QED) is 0.500. The molecule has 2 fully saturated rings. The van der Waals surface area contributed by atoms with Gasteiger partial charge in [0.25, 0.3) is 5.91 Å². The van der Waals surface area contributed by atoms with Crippen LogP contribution in [-0.4, -0.2) is 93.8 Å². The number of esters is 1. The summed E-state index contributed by atoms with van der Waals surface area (Å²) in [7, 11) is -0.906. The van der Waals surface area contributed by atoms with E-state index in [9.17, 15) is 22.8 Å². The van der Waals surface area contributed by atoms with Gasteiger partial charge in [-0.1, -0.05) is 0 Å². The first-order chi connectivity index (χ1) is 16.2. The number of likely N-dealkylation sites (N-methyl/N-ethyl adjacent to an activating group) is 1. The second-order valence-electron chi connectivity index (χ2n) is 8.55. The number of carbonyl (C=O) groups excluding carboxylic acids is 3. The molecule has 2 saturated heterocycles. The molecule has 34 heavy (non-hydrogen) atoms. The Morgan fingerprint density at radius 2 is 1.74 bits per heavy atom. The van der Waals surface area contributed by atoms with Gasteiger partial charge in [0.05, 0.1) is 26.2 Å². The second kappa shape index (κ2) is 11.2. The van der Waals surface area contributed by atoms with Gasteiger partial charge in [0.1, 0.15) is 10.6 Å². The molecule has 0 N–H and O–H groups in total. The predicted molar refractivity (Wildman–Crippen MR) is 124 cm³/mol. The number of piperidine rings is 1. The summed E-state index contributed by atoms with van der Waals surface area (Å²) >= 11 is 0. The molecule has 2 heterocycles. The van der Waals surface area contributed by atoms with E-state index in [1.54, 1.807) is 11.8 Å². The summed E-state index contributed by atoms with van der Waals surface area (Å²) in [6.45, 7) is 3.66. The van der Waals surface area contributed by atoms with Crippen molar-refractivity contribution in [2.24, 2.45) is 5.92 Å². The highest BCUT2D eigenvalue weighted by Gasteiger charge is 2.32. The number of benzene rings is 1. The average Bonchev–Trinajstić information content (AvgIpc) is 3.39. The Morgan fingerprint density at radius 1 is 1.09 bits per heavy atom. The number of hydrogen-bond donors (Lipinski definition) is 0. The van der Waals surface area contributed by atoms with Gasteiger partial charge in [-0.05, 0) is 50.8 Å². The zero-order valence-electron chi connectivity index (χ0n) is 20.0. The number of likely N-dealkylation sites (tertiary alicyclic amines) is 1. The maximum atomic E-state index is 13.1. The van der Waals surface area contributed by atoms with Gasteiger partial charge in [-0.3, -0.25) is 14.4 Å². The van der Waals surface area contributed by atoms with Gasteiger partial charge in [-0.2, -0.15) is 4.31 Å². The summed E-state index contributed by atoms with van der Waals surface area (Å²) in [6, 6.07) is 4.28. The SMILES string of the molecule is CCOC(=O)C1CCN(C(=O)CN(C)C(=O)c2ccc(OC)c(S(=O)(=O)N3CCCC3)c2)CC1. The van der Waals surface area contributed by atoms with Gasteiger partial charge in [-0.25, -0.2) is 8.42 Å². The van der Waals surface area contributed by atoms with E-state index in [1.165, 1.54) is 41.6 Å². The van der Waals surface area contributed by atoms with Gasteiger partial charge in [0.15, 0.2) is 0 Å². The smallest absolute Gasteiger partial charge is 0.309 e. The van der Waals surface area contributed by atoms with Crippen LogP contribution in [0.4, 0.5) is 0 Å². The van der Waals surface area contributed by atoms with Crippen molar-refractivity contribution in [2.75, 3.05) is 53.5 Å². The lowest BCUT2D eigenvalue weighted by Gasteiger charge is -2.32. The molecule has 0 spiro atoms. The third-order valence-electron chi connectivity index (χ3n) is 6.28. The number of sulfonamides is 1. The van der Waals surface area contributed by atoms with E-state index in [0.717, 1.165) is 12.8 Å². The minimum Gasteiger partial charge on any atom is -0.495 e. The zero-order chi connectivity index (χ0) is 24.9. The largest absolute Gasteiger partial charge is 0.495 e. The summed E-state index contributed by atoms with van der Waals surface area (Å²) in [5.41, 5.74) is 0.162. The van der Waals surface area contributed by atoms with Crippen LogP contribution in [0.25, 0.3) is 0 Å². The Kier molecular flexibility index (Phi) is 8.53. The zero-order valence-corrected chi connectivity index (χ0v) is 20.8. The maximum absolute atomic E-state index is 13.1. The lowest BCUT2D eigenvalue weighted by atomic mass is 9.97. The molecular formula is C23H33N3O7S. The van der Waals surface area contributed by atoms with Crippen molar-refractivity contribution in [3.8, 4) is 5.75 Å². The number of ether oxygens (including phenoxy) is 2. The number of nitrogens with zero attached hydrogens (tertiary/aromatic N) is 3. The molecule has 2 aliphatic heterocycles. The molecule has 0 bridgehead atoms. The molecule has 10 nitrogen and oxygen atoms in total. The third kappa shape index (κ3) is 5.69. The lowest BCUT2D eigenvalue weighted by molar-refractivity contribution is -0.151. The fraction of sp³-hybridized carbons (Fsp3) is 0.609. The molecule has 0 atom stereocenters. The molecule has 0 unspecified atom stereocenters. The molecule has 0 aromatic heterocycles. The molecule has 0 radical (unpaired) electrons. The molecule has 2 aliphatic rings. The lowest BCUT2D eigenvalue weighted by Crippen LogP contribution is -2.45. The Hall–Kier alpha value is -2.66. The second-order valence-corrected chi connectivity index (χ2v) is 10.5. The molecule has 2 amide bonds. The summed E-state index contributed by atoms with van der Waals surface area (Å²) in [5.74, 6) is -0.960. The van der Waals surface area contributed by atoms with Gasteiger partial charge in [-0.15, -0.1) is 0 Å². The van der Waals surface area contributed by atoms with Crippen LogP contribution in [0.2, 0.25) is 0 Å². The van der Waals surface area contributed by atoms with E-state index in [-0.39, 0.29) is 40.5 Å². The van der Waals surface area contributed by atoms with Crippen LogP contribution in [0.3, 0.4) is 0 Å². The topological polar surface area (TPSA) is 114 Å². The van der Waals surface area contributed by atoms with E-state index < -0.39 is 15.9 Å². The fourth-order valence-corrected chi connectivity index (χ4v) is 6.00. The fourth-order valence-electron chi connectivity index (χ4n) is 4.30. The highest BCUT2D eigenvalue weighted by atomic mass is 32.2. The van der Waals surface area contributed by atoms with Crippen LogP contribution in [0.15, 0.2) is 23.1 Å². The summed E-state index contributed by atoms with van der Waals surface area (Å²) in [5, 5.41) is 0. The van der Waals surface area contributed by atoms with Gasteiger partial charge in [0, 0.05) is 38.8 Å². The van der Waals surface area contributed by atoms with Crippen LogP contribution >= 0.6 is 0 Å². The summed E-state index contributed by atoms with van der Waals surface area (Å²) < 4.78 is 37.9. The van der Waals surface area contributed by atoms with E-state index in [0.29, 0.717) is 45.6 Å². The monoisotopic (exact) mass is 495 g/mol. The molecule has 0 aliphatic carbocycles. The predicted octanol–water partition coefficient (Wildman–Crippen LogP) is 1.35. The van der Waals surface area contributed by atoms with Crippen LogP contribution in [0, 0.1) is 5.92 Å². The van der Waals surface area contributed by atoms with Crippen molar-refractivity contribution in [3.05, 3.63) is 23.8 Å². The van der Waals surface area contributed by atoms with Crippen LogP contribution < -0.4 is 4.74 Å². The normalized spacial score (nSPS) is 17.4. The van der Waals surface area contributed by atoms with Crippen molar-refractivity contribution in [1.82, 2.24) is 14.1 Å². The van der Waals surface area contributed by atoms with Gasteiger partial charge < -0.3 is 19.3 Å². The van der Waals surface area contributed by atoms with Crippen molar-refractivity contribution in [1.29, 1.82) is 0 Å². The number of rotatable bonds is 8. The van der Waals surface area contributed by atoms with Crippen LogP contribution in [0.5, 0.6) is 5.75 Å². The van der Waals surface area contributed by atoms with Crippen molar-refractivity contribution < 1.29 is 32.3 Å². The van der Waals surface area contributed by atoms with E-state index in [4.69, 9.17) is 9.47 Å². The summed E-state index contributed by atoms with van der Waals surface area (Å²) in [4.78, 5) is 40.5. The van der Waals surface area contributed by atoms with Gasteiger partial charge >= 0.3 is 5.97 Å². The number of hydrogen-bond acceptors (Lipinski definition) is 7.